The molecule has 27 heavy (non-hydrogen) atoms. The Morgan fingerprint density at radius 1 is 1.15 bits per heavy atom. The van der Waals surface area contributed by atoms with Crippen LogP contribution in [0.2, 0.25) is 0 Å². The van der Waals surface area contributed by atoms with Crippen LogP contribution in [0.5, 0.6) is 0 Å². The number of benzene rings is 1. The summed E-state index contributed by atoms with van der Waals surface area (Å²) in [5, 5.41) is 0. The number of nitrogens with zero attached hydrogens (tertiary/aromatic N) is 3. The normalized spacial score (nSPS) is 17.3. The molecule has 0 aliphatic carbocycles. The molecular formula is C21H27N3O3. The first-order valence-electron chi connectivity index (χ1n) is 9.49. The first-order chi connectivity index (χ1) is 12.9. The zero-order valence-electron chi connectivity index (χ0n) is 16.1. The zero-order valence-corrected chi connectivity index (χ0v) is 16.1. The Balaban J connectivity index is 1.74. The molecule has 1 aromatic rings. The smallest absolute Gasteiger partial charge is 0.253 e. The maximum atomic E-state index is 13.1. The summed E-state index contributed by atoms with van der Waals surface area (Å²) in [6.07, 6.45) is 4.46. The van der Waals surface area contributed by atoms with Gasteiger partial charge in [0.2, 0.25) is 11.8 Å². The van der Waals surface area contributed by atoms with Crippen molar-refractivity contribution in [3.8, 4) is 0 Å². The first-order valence-corrected chi connectivity index (χ1v) is 9.49. The molecule has 1 fully saturated rings. The second kappa shape index (κ2) is 7.94. The molecule has 0 unspecified atom stereocenters. The number of carbonyl (C=O) groups is 3. The maximum absolute atomic E-state index is 13.1. The van der Waals surface area contributed by atoms with Crippen molar-refractivity contribution in [3.63, 3.8) is 0 Å². The summed E-state index contributed by atoms with van der Waals surface area (Å²) < 4.78 is 0. The van der Waals surface area contributed by atoms with E-state index in [2.05, 4.69) is 6.58 Å². The predicted octanol–water partition coefficient (Wildman–Crippen LogP) is 2.09. The molecule has 6 nitrogen and oxygen atoms in total. The summed E-state index contributed by atoms with van der Waals surface area (Å²) in [6.45, 7) is 5.42. The molecule has 2 aliphatic heterocycles. The van der Waals surface area contributed by atoms with E-state index in [0.29, 0.717) is 38.0 Å². The SMILES string of the molecule is C=CC(=O)N1CCC(C(=O)N2CCCc3cc(C(=O)N(C)C)ccc32)CC1. The van der Waals surface area contributed by atoms with Crippen molar-refractivity contribution >= 4 is 23.4 Å². The van der Waals surface area contributed by atoms with E-state index in [-0.39, 0.29) is 23.6 Å². The maximum Gasteiger partial charge on any atom is 0.253 e. The molecular weight excluding hydrogens is 342 g/mol. The number of carbonyl (C=O) groups excluding carboxylic acids is 3. The van der Waals surface area contributed by atoms with Gasteiger partial charge >= 0.3 is 0 Å². The van der Waals surface area contributed by atoms with Gasteiger partial charge < -0.3 is 14.7 Å². The largest absolute Gasteiger partial charge is 0.345 e. The summed E-state index contributed by atoms with van der Waals surface area (Å²) in [4.78, 5) is 42.2. The Labute approximate surface area is 160 Å². The van der Waals surface area contributed by atoms with Gasteiger partial charge in [-0.2, -0.15) is 0 Å². The third-order valence-corrected chi connectivity index (χ3v) is 5.45. The van der Waals surface area contributed by atoms with Gasteiger partial charge in [-0.25, -0.2) is 0 Å². The summed E-state index contributed by atoms with van der Waals surface area (Å²) >= 11 is 0. The average molecular weight is 369 g/mol. The lowest BCUT2D eigenvalue weighted by molar-refractivity contribution is -0.131. The van der Waals surface area contributed by atoms with Crippen LogP contribution in [0.3, 0.4) is 0 Å². The van der Waals surface area contributed by atoms with Crippen LogP contribution in [0, 0.1) is 5.92 Å². The van der Waals surface area contributed by atoms with E-state index < -0.39 is 0 Å². The third-order valence-electron chi connectivity index (χ3n) is 5.45. The van der Waals surface area contributed by atoms with E-state index in [4.69, 9.17) is 0 Å². The van der Waals surface area contributed by atoms with E-state index in [1.54, 1.807) is 30.0 Å². The van der Waals surface area contributed by atoms with Gasteiger partial charge in [0.1, 0.15) is 0 Å². The molecule has 6 heteroatoms. The molecule has 3 rings (SSSR count). The standard InChI is InChI=1S/C21H27N3O3/c1-4-19(25)23-12-9-15(10-13-23)21(27)24-11-5-6-16-14-17(7-8-18(16)24)20(26)22(2)3/h4,7-8,14-15H,1,5-6,9-13H2,2-3H3. The summed E-state index contributed by atoms with van der Waals surface area (Å²) in [7, 11) is 3.47. The Hall–Kier alpha value is -2.63. The van der Waals surface area contributed by atoms with Gasteiger partial charge in [-0.15, -0.1) is 0 Å². The Morgan fingerprint density at radius 3 is 2.48 bits per heavy atom. The van der Waals surface area contributed by atoms with E-state index in [9.17, 15) is 14.4 Å². The minimum Gasteiger partial charge on any atom is -0.345 e. The summed E-state index contributed by atoms with van der Waals surface area (Å²) in [5.74, 6) is -0.0240. The molecule has 0 aromatic heterocycles. The number of hydrogen-bond donors (Lipinski definition) is 0. The highest BCUT2D eigenvalue weighted by Crippen LogP contribution is 2.31. The van der Waals surface area contributed by atoms with Crippen molar-refractivity contribution < 1.29 is 14.4 Å². The molecule has 1 saturated heterocycles. The van der Waals surface area contributed by atoms with E-state index in [1.807, 2.05) is 17.0 Å². The summed E-state index contributed by atoms with van der Waals surface area (Å²) in [5.41, 5.74) is 2.64. The molecule has 0 N–H and O–H groups in total. The van der Waals surface area contributed by atoms with E-state index >= 15 is 0 Å². The van der Waals surface area contributed by atoms with Gasteiger partial charge in [-0.1, -0.05) is 6.58 Å². The van der Waals surface area contributed by atoms with Gasteiger partial charge in [0, 0.05) is 50.9 Å². The minimum absolute atomic E-state index is 0.0273. The molecule has 2 aliphatic rings. The number of rotatable bonds is 3. The molecule has 0 spiro atoms. The molecule has 144 valence electrons. The highest BCUT2D eigenvalue weighted by Gasteiger charge is 2.32. The van der Waals surface area contributed by atoms with Crippen LogP contribution in [-0.4, -0.2) is 61.3 Å². The number of piperidine rings is 1. The fourth-order valence-corrected chi connectivity index (χ4v) is 3.91. The fourth-order valence-electron chi connectivity index (χ4n) is 3.91. The first kappa shape index (κ1) is 19.1. The van der Waals surface area contributed by atoms with Gasteiger partial charge in [-0.3, -0.25) is 14.4 Å². The molecule has 0 radical (unpaired) electrons. The quantitative estimate of drug-likeness (QED) is 0.767. The van der Waals surface area contributed by atoms with Crippen molar-refractivity contribution in [1.29, 1.82) is 0 Å². The Morgan fingerprint density at radius 2 is 1.85 bits per heavy atom. The molecule has 0 saturated carbocycles. The number of likely N-dealkylation sites (tertiary alicyclic amines) is 1. The second-order valence-electron chi connectivity index (χ2n) is 7.44. The lowest BCUT2D eigenvalue weighted by atomic mass is 9.92. The number of aryl methyl sites for hydroxylation is 1. The fraction of sp³-hybridized carbons (Fsp3) is 0.476. The average Bonchev–Trinajstić information content (AvgIpc) is 2.71. The third kappa shape index (κ3) is 3.89. The zero-order chi connectivity index (χ0) is 19.6. The lowest BCUT2D eigenvalue weighted by Crippen LogP contribution is -2.45. The van der Waals surface area contributed by atoms with Crippen LogP contribution >= 0.6 is 0 Å². The van der Waals surface area contributed by atoms with Gasteiger partial charge in [-0.05, 0) is 55.5 Å². The van der Waals surface area contributed by atoms with E-state index in [0.717, 1.165) is 24.1 Å². The van der Waals surface area contributed by atoms with Crippen LogP contribution in [0.4, 0.5) is 5.69 Å². The van der Waals surface area contributed by atoms with Crippen molar-refractivity contribution in [2.45, 2.75) is 25.7 Å². The topological polar surface area (TPSA) is 60.9 Å². The Kier molecular flexibility index (Phi) is 5.63. The van der Waals surface area contributed by atoms with Crippen LogP contribution in [0.25, 0.3) is 0 Å². The van der Waals surface area contributed by atoms with Crippen molar-refractivity contribution in [1.82, 2.24) is 9.80 Å². The molecule has 2 heterocycles. The molecule has 0 bridgehead atoms. The van der Waals surface area contributed by atoms with Gasteiger partial charge in [0.25, 0.3) is 5.91 Å². The number of anilines is 1. The molecule has 3 amide bonds. The molecule has 0 atom stereocenters. The van der Waals surface area contributed by atoms with Gasteiger partial charge in [0.15, 0.2) is 0 Å². The van der Waals surface area contributed by atoms with Crippen molar-refractivity contribution in [2.75, 3.05) is 38.6 Å². The number of amides is 3. The second-order valence-corrected chi connectivity index (χ2v) is 7.44. The number of hydrogen-bond acceptors (Lipinski definition) is 3. The van der Waals surface area contributed by atoms with Crippen LogP contribution in [-0.2, 0) is 16.0 Å². The highest BCUT2D eigenvalue weighted by atomic mass is 16.2. The molecule has 1 aromatic carbocycles. The van der Waals surface area contributed by atoms with Gasteiger partial charge in [0.05, 0.1) is 0 Å². The van der Waals surface area contributed by atoms with E-state index in [1.165, 1.54) is 6.08 Å². The Bertz CT molecular complexity index is 764. The monoisotopic (exact) mass is 369 g/mol. The van der Waals surface area contributed by atoms with Crippen LogP contribution in [0.15, 0.2) is 30.9 Å². The predicted molar refractivity (Wildman–Crippen MR) is 105 cm³/mol. The number of fused-ring (bicyclic) bond motifs is 1. The van der Waals surface area contributed by atoms with Crippen molar-refractivity contribution in [2.24, 2.45) is 5.92 Å². The van der Waals surface area contributed by atoms with Crippen molar-refractivity contribution in [3.05, 3.63) is 42.0 Å². The minimum atomic E-state index is -0.0673. The summed E-state index contributed by atoms with van der Waals surface area (Å²) in [6, 6.07) is 5.63. The lowest BCUT2D eigenvalue weighted by Gasteiger charge is -2.36. The highest BCUT2D eigenvalue weighted by molar-refractivity contribution is 5.98. The van der Waals surface area contributed by atoms with Crippen LogP contribution < -0.4 is 4.90 Å². The van der Waals surface area contributed by atoms with Crippen LogP contribution in [0.1, 0.15) is 35.2 Å².